The Morgan fingerprint density at radius 2 is 2.11 bits per heavy atom. The largest absolute Gasteiger partial charge is 0.502 e. The zero-order chi connectivity index (χ0) is 14.2. The van der Waals surface area contributed by atoms with Gasteiger partial charge >= 0.3 is 5.63 Å². The van der Waals surface area contributed by atoms with E-state index in [-0.39, 0.29) is 22.5 Å². The summed E-state index contributed by atoms with van der Waals surface area (Å²) >= 11 is 0. The van der Waals surface area contributed by atoms with Crippen LogP contribution < -0.4 is 10.4 Å². The Morgan fingerprint density at radius 3 is 2.68 bits per heavy atom. The number of phenols is 1. The number of benzene rings is 1. The van der Waals surface area contributed by atoms with Gasteiger partial charge in [-0.15, -0.1) is 6.58 Å². The van der Waals surface area contributed by atoms with E-state index in [0.29, 0.717) is 5.39 Å². The molecule has 100 valence electrons. The second-order valence-electron chi connectivity index (χ2n) is 4.90. The van der Waals surface area contributed by atoms with Crippen molar-refractivity contribution in [2.75, 3.05) is 7.11 Å². The summed E-state index contributed by atoms with van der Waals surface area (Å²) in [6.07, 6.45) is 1.80. The van der Waals surface area contributed by atoms with Gasteiger partial charge in [0.25, 0.3) is 0 Å². The Hall–Kier alpha value is -2.23. The molecule has 1 aromatic heterocycles. The quantitative estimate of drug-likeness (QED) is 0.680. The number of allylic oxidation sites excluding steroid dienone is 1. The van der Waals surface area contributed by atoms with E-state index in [9.17, 15) is 9.90 Å². The molecule has 0 fully saturated rings. The van der Waals surface area contributed by atoms with Gasteiger partial charge in [-0.3, -0.25) is 0 Å². The molecule has 2 aromatic rings. The maximum atomic E-state index is 11.3. The molecular weight excluding hydrogens is 244 g/mol. The van der Waals surface area contributed by atoms with Crippen molar-refractivity contribution in [1.29, 1.82) is 0 Å². The van der Waals surface area contributed by atoms with E-state index in [1.807, 2.05) is 13.8 Å². The van der Waals surface area contributed by atoms with Gasteiger partial charge in [-0.25, -0.2) is 4.79 Å². The first kappa shape index (κ1) is 13.2. The molecule has 0 spiro atoms. The highest BCUT2D eigenvalue weighted by Crippen LogP contribution is 2.41. The average Bonchev–Trinajstić information content (AvgIpc) is 2.39. The van der Waals surface area contributed by atoms with E-state index >= 15 is 0 Å². The molecule has 0 radical (unpaired) electrons. The van der Waals surface area contributed by atoms with Crippen molar-refractivity contribution in [2.45, 2.75) is 19.3 Å². The van der Waals surface area contributed by atoms with Gasteiger partial charge in [0.05, 0.1) is 7.11 Å². The normalized spacial score (nSPS) is 11.5. The van der Waals surface area contributed by atoms with Crippen LogP contribution in [0.3, 0.4) is 0 Å². The van der Waals surface area contributed by atoms with E-state index in [1.165, 1.54) is 13.2 Å². The van der Waals surface area contributed by atoms with Gasteiger partial charge < -0.3 is 14.3 Å². The fourth-order valence-corrected chi connectivity index (χ4v) is 1.99. The topological polar surface area (TPSA) is 59.7 Å². The highest BCUT2D eigenvalue weighted by atomic mass is 16.5. The number of rotatable bonds is 3. The predicted octanol–water partition coefficient (Wildman–Crippen LogP) is 2.97. The molecule has 0 aliphatic rings. The van der Waals surface area contributed by atoms with Crippen LogP contribution in [0.4, 0.5) is 0 Å². The molecular formula is C15H16O4. The van der Waals surface area contributed by atoms with Gasteiger partial charge in [-0.1, -0.05) is 19.9 Å². The second kappa shape index (κ2) is 4.46. The molecule has 0 aliphatic carbocycles. The number of phenolic OH excluding ortho intramolecular Hbond substituents is 1. The van der Waals surface area contributed by atoms with Crippen molar-refractivity contribution in [3.63, 3.8) is 0 Å². The molecule has 1 N–H and O–H groups in total. The van der Waals surface area contributed by atoms with Crippen LogP contribution in [0, 0.1) is 0 Å². The van der Waals surface area contributed by atoms with Crippen LogP contribution in [0.2, 0.25) is 0 Å². The maximum Gasteiger partial charge on any atom is 0.336 e. The van der Waals surface area contributed by atoms with E-state index in [1.54, 1.807) is 18.2 Å². The van der Waals surface area contributed by atoms with Gasteiger partial charge in [-0.05, 0) is 17.7 Å². The lowest BCUT2D eigenvalue weighted by Crippen LogP contribution is -2.14. The molecule has 4 heteroatoms. The molecule has 0 saturated carbocycles. The van der Waals surface area contributed by atoms with Crippen LogP contribution in [-0.4, -0.2) is 12.2 Å². The monoisotopic (exact) mass is 260 g/mol. The number of ether oxygens (including phenoxy) is 1. The number of aromatic hydroxyl groups is 1. The van der Waals surface area contributed by atoms with Crippen LogP contribution in [0.25, 0.3) is 11.0 Å². The minimum absolute atomic E-state index is 0.136. The van der Waals surface area contributed by atoms with E-state index in [4.69, 9.17) is 9.15 Å². The zero-order valence-corrected chi connectivity index (χ0v) is 11.2. The fourth-order valence-electron chi connectivity index (χ4n) is 1.99. The predicted molar refractivity (Wildman–Crippen MR) is 73.9 cm³/mol. The van der Waals surface area contributed by atoms with Crippen molar-refractivity contribution in [3.05, 3.63) is 46.8 Å². The Morgan fingerprint density at radius 1 is 1.42 bits per heavy atom. The molecule has 1 heterocycles. The molecule has 0 aliphatic heterocycles. The SMILES string of the molecule is C=CC(C)(C)c1cc(OC)c(O)c2oc(=O)ccc12. The number of hydrogen-bond donors (Lipinski definition) is 1. The highest BCUT2D eigenvalue weighted by molar-refractivity contribution is 5.89. The van der Waals surface area contributed by atoms with Crippen LogP contribution in [-0.2, 0) is 5.41 Å². The van der Waals surface area contributed by atoms with Crippen LogP contribution in [0.1, 0.15) is 19.4 Å². The third kappa shape index (κ3) is 2.10. The molecule has 0 bridgehead atoms. The minimum Gasteiger partial charge on any atom is -0.502 e. The second-order valence-corrected chi connectivity index (χ2v) is 4.90. The molecule has 0 amide bonds. The smallest absolute Gasteiger partial charge is 0.336 e. The van der Waals surface area contributed by atoms with Crippen molar-refractivity contribution >= 4 is 11.0 Å². The first-order chi connectivity index (χ1) is 8.90. The fraction of sp³-hybridized carbons (Fsp3) is 0.267. The molecule has 0 atom stereocenters. The Kier molecular flexibility index (Phi) is 3.10. The number of fused-ring (bicyclic) bond motifs is 1. The Labute approximate surface area is 110 Å². The average molecular weight is 260 g/mol. The standard InChI is InChI=1S/C15H16O4/c1-5-15(2,3)10-8-11(18-4)13(17)14-9(10)6-7-12(16)19-14/h5-8,17H,1H2,2-4H3. The molecule has 4 nitrogen and oxygen atoms in total. The third-order valence-corrected chi connectivity index (χ3v) is 3.27. The number of hydrogen-bond acceptors (Lipinski definition) is 4. The molecule has 2 rings (SSSR count). The maximum absolute atomic E-state index is 11.3. The van der Waals surface area contributed by atoms with Gasteiger partial charge in [0.15, 0.2) is 11.3 Å². The molecule has 0 unspecified atom stereocenters. The number of methoxy groups -OCH3 is 1. The summed E-state index contributed by atoms with van der Waals surface area (Å²) in [5.74, 6) is 0.102. The zero-order valence-electron chi connectivity index (χ0n) is 11.2. The lowest BCUT2D eigenvalue weighted by Gasteiger charge is -2.23. The summed E-state index contributed by atoms with van der Waals surface area (Å²) in [7, 11) is 1.45. The summed E-state index contributed by atoms with van der Waals surface area (Å²) < 4.78 is 10.2. The van der Waals surface area contributed by atoms with Gasteiger partial charge in [0.1, 0.15) is 0 Å². The molecule has 19 heavy (non-hydrogen) atoms. The minimum atomic E-state index is -0.515. The van der Waals surface area contributed by atoms with Crippen molar-refractivity contribution in [1.82, 2.24) is 0 Å². The Bertz CT molecular complexity index is 695. The van der Waals surface area contributed by atoms with Gasteiger partial charge in [0.2, 0.25) is 5.75 Å². The van der Waals surface area contributed by atoms with Crippen LogP contribution in [0.15, 0.2) is 40.1 Å². The lowest BCUT2D eigenvalue weighted by atomic mass is 9.82. The Balaban J connectivity index is 2.96. The van der Waals surface area contributed by atoms with Crippen LogP contribution >= 0.6 is 0 Å². The van der Waals surface area contributed by atoms with E-state index in [0.717, 1.165) is 5.56 Å². The van der Waals surface area contributed by atoms with Crippen molar-refractivity contribution < 1.29 is 14.3 Å². The summed E-state index contributed by atoms with van der Waals surface area (Å²) in [5.41, 5.74) is 0.144. The lowest BCUT2D eigenvalue weighted by molar-refractivity contribution is 0.369. The first-order valence-corrected chi connectivity index (χ1v) is 5.88. The van der Waals surface area contributed by atoms with Crippen molar-refractivity contribution in [2.24, 2.45) is 0 Å². The van der Waals surface area contributed by atoms with E-state index < -0.39 is 5.63 Å². The summed E-state index contributed by atoms with van der Waals surface area (Å²) in [6.45, 7) is 7.78. The molecule has 1 aromatic carbocycles. The highest BCUT2D eigenvalue weighted by Gasteiger charge is 2.24. The molecule has 0 saturated heterocycles. The first-order valence-electron chi connectivity index (χ1n) is 5.88. The van der Waals surface area contributed by atoms with E-state index in [2.05, 4.69) is 6.58 Å². The third-order valence-electron chi connectivity index (χ3n) is 3.27. The van der Waals surface area contributed by atoms with Crippen molar-refractivity contribution in [3.8, 4) is 11.5 Å². The summed E-state index contributed by atoms with van der Waals surface area (Å²) in [4.78, 5) is 11.3. The van der Waals surface area contributed by atoms with Gasteiger partial charge in [-0.2, -0.15) is 0 Å². The summed E-state index contributed by atoms with van der Waals surface area (Å²) in [5, 5.41) is 10.7. The summed E-state index contributed by atoms with van der Waals surface area (Å²) in [6, 6.07) is 4.71. The van der Waals surface area contributed by atoms with Gasteiger partial charge in [0, 0.05) is 16.9 Å². The van der Waals surface area contributed by atoms with Crippen LogP contribution in [0.5, 0.6) is 11.5 Å².